The summed E-state index contributed by atoms with van der Waals surface area (Å²) in [5.74, 6) is -3.43. The number of halogens is 5. The smallest absolute Gasteiger partial charge is 0.411 e. The van der Waals surface area contributed by atoms with Crippen LogP contribution in [0.25, 0.3) is 0 Å². The van der Waals surface area contributed by atoms with Crippen LogP contribution in [0.2, 0.25) is 0 Å². The Kier molecular flexibility index (Phi) is 7.41. The van der Waals surface area contributed by atoms with Crippen molar-refractivity contribution in [3.63, 3.8) is 0 Å². The van der Waals surface area contributed by atoms with E-state index in [0.29, 0.717) is 29.0 Å². The minimum Gasteiger partial charge on any atom is -0.436 e. The van der Waals surface area contributed by atoms with Crippen molar-refractivity contribution in [3.05, 3.63) is 58.7 Å². The van der Waals surface area contributed by atoms with E-state index in [-0.39, 0.29) is 25.2 Å². The number of ether oxygens (including phenoxy) is 1. The van der Waals surface area contributed by atoms with Crippen LogP contribution in [0.4, 0.5) is 31.5 Å². The molecule has 9 nitrogen and oxygen atoms in total. The Labute approximate surface area is 219 Å². The molecule has 1 aliphatic heterocycles. The second kappa shape index (κ2) is 10.3. The molecule has 2 N–H and O–H groups in total. The zero-order chi connectivity index (χ0) is 28.7. The monoisotopic (exact) mass is 556 g/mol. The predicted octanol–water partition coefficient (Wildman–Crippen LogP) is 2.96. The molecule has 2 aliphatic carbocycles. The molecule has 3 aliphatic rings. The van der Waals surface area contributed by atoms with Crippen LogP contribution in [-0.2, 0) is 20.9 Å². The highest BCUT2D eigenvalue weighted by molar-refractivity contribution is 6.05. The summed E-state index contributed by atoms with van der Waals surface area (Å²) in [5.41, 5.74) is -1.02. The zero-order valence-corrected chi connectivity index (χ0v) is 20.9. The summed E-state index contributed by atoms with van der Waals surface area (Å²) in [4.78, 5) is 51.6. The van der Waals surface area contributed by atoms with Gasteiger partial charge in [-0.2, -0.15) is 13.2 Å². The molecule has 1 saturated heterocycles. The second-order valence-corrected chi connectivity index (χ2v) is 9.51. The van der Waals surface area contributed by atoms with E-state index in [9.17, 15) is 41.1 Å². The molecule has 1 spiro atoms. The van der Waals surface area contributed by atoms with Gasteiger partial charge in [0.05, 0.1) is 6.54 Å². The average molecular weight is 556 g/mol. The Morgan fingerprint density at radius 2 is 1.97 bits per heavy atom. The Balaban J connectivity index is 1.53. The number of carbonyl (C=O) groups excluding carboxylic acids is 4. The highest BCUT2D eigenvalue weighted by Gasteiger charge is 2.54. The van der Waals surface area contributed by atoms with Crippen molar-refractivity contribution in [1.29, 1.82) is 0 Å². The summed E-state index contributed by atoms with van der Waals surface area (Å²) in [6, 6.07) is -1.62. The SMILES string of the molecule is CNC(=O)NC1C=CC2=C(CCC23CN(CC(=O)N(Cc2cc(F)ccc2F)[C@@H](C)C(F)(F)F)C(=O)O3)C1=O. The van der Waals surface area contributed by atoms with Crippen molar-refractivity contribution in [1.82, 2.24) is 20.4 Å². The van der Waals surface area contributed by atoms with E-state index in [1.807, 2.05) is 0 Å². The lowest BCUT2D eigenvalue weighted by Crippen LogP contribution is -2.50. The fourth-order valence-electron chi connectivity index (χ4n) is 4.92. The third-order valence-corrected chi connectivity index (χ3v) is 7.07. The van der Waals surface area contributed by atoms with Crippen molar-refractivity contribution in [3.8, 4) is 0 Å². The molecule has 3 atom stereocenters. The van der Waals surface area contributed by atoms with Crippen molar-refractivity contribution < 1.29 is 45.9 Å². The average Bonchev–Trinajstić information content (AvgIpc) is 3.38. The molecule has 14 heteroatoms. The first kappa shape index (κ1) is 28.0. The van der Waals surface area contributed by atoms with Gasteiger partial charge in [0.2, 0.25) is 5.91 Å². The van der Waals surface area contributed by atoms with E-state index in [2.05, 4.69) is 10.6 Å². The van der Waals surface area contributed by atoms with Gasteiger partial charge in [-0.3, -0.25) is 14.5 Å². The molecule has 39 heavy (non-hydrogen) atoms. The molecule has 1 aromatic rings. The number of urea groups is 1. The molecule has 210 valence electrons. The molecule has 4 amide bonds. The summed E-state index contributed by atoms with van der Waals surface area (Å²) < 4.78 is 74.1. The number of alkyl halides is 3. The number of amides is 4. The Morgan fingerprint density at radius 3 is 2.64 bits per heavy atom. The van der Waals surface area contributed by atoms with Gasteiger partial charge in [-0.15, -0.1) is 0 Å². The Hall–Kier alpha value is -3.97. The zero-order valence-electron chi connectivity index (χ0n) is 20.9. The molecular formula is C25H25F5N4O5. The number of hydrogen-bond donors (Lipinski definition) is 2. The minimum atomic E-state index is -4.89. The van der Waals surface area contributed by atoms with Crippen LogP contribution in [0, 0.1) is 11.6 Å². The first-order valence-electron chi connectivity index (χ1n) is 12.0. The molecule has 1 aromatic carbocycles. The normalized spacial score (nSPS) is 23.2. The van der Waals surface area contributed by atoms with Crippen LogP contribution >= 0.6 is 0 Å². The molecule has 0 bridgehead atoms. The Morgan fingerprint density at radius 1 is 1.26 bits per heavy atom. The largest absolute Gasteiger partial charge is 0.436 e. The van der Waals surface area contributed by atoms with Crippen molar-refractivity contribution in [2.75, 3.05) is 20.1 Å². The lowest BCUT2D eigenvalue weighted by atomic mass is 9.89. The van der Waals surface area contributed by atoms with Crippen LogP contribution in [0.3, 0.4) is 0 Å². The minimum absolute atomic E-state index is 0.189. The predicted molar refractivity (Wildman–Crippen MR) is 125 cm³/mol. The number of rotatable bonds is 6. The molecule has 0 saturated carbocycles. The number of nitrogens with one attached hydrogen (secondary N) is 2. The molecule has 1 fully saturated rings. The fourth-order valence-corrected chi connectivity index (χ4v) is 4.92. The van der Waals surface area contributed by atoms with Crippen LogP contribution in [-0.4, -0.2) is 77.6 Å². The van der Waals surface area contributed by atoms with Gasteiger partial charge < -0.3 is 20.3 Å². The fraction of sp³-hybridized carbons (Fsp3) is 0.440. The van der Waals surface area contributed by atoms with Gasteiger partial charge in [0.1, 0.15) is 30.3 Å². The van der Waals surface area contributed by atoms with Crippen molar-refractivity contribution in [2.45, 2.75) is 50.2 Å². The molecule has 0 aromatic heterocycles. The number of carbonyl (C=O) groups is 4. The molecule has 2 unspecified atom stereocenters. The standard InChI is InChI=1S/C25H25F5N4O5/c1-13(25(28,29)30)34(10-14-9-15(26)3-5-18(14)27)20(35)11-33-12-24(39-23(33)38)8-7-16-17(24)4-6-19(21(16)36)32-22(37)31-2/h3-6,9,13,19H,7-8,10-12H2,1-2H3,(H2,31,32,37)/t13-,19?,24?/m0/s1. The lowest BCUT2D eigenvalue weighted by Gasteiger charge is -2.32. The van der Waals surface area contributed by atoms with Gasteiger partial charge in [-0.1, -0.05) is 12.2 Å². The molecule has 4 rings (SSSR count). The summed E-state index contributed by atoms with van der Waals surface area (Å²) in [5, 5.41) is 4.83. The van der Waals surface area contributed by atoms with E-state index in [1.165, 1.54) is 13.1 Å². The van der Waals surface area contributed by atoms with Crippen LogP contribution in [0.5, 0.6) is 0 Å². The number of Topliss-reactive ketones (excluding diaryl/α,β-unsaturated/α-hetero) is 1. The summed E-state index contributed by atoms with van der Waals surface area (Å²) in [6.07, 6.45) is -2.47. The van der Waals surface area contributed by atoms with E-state index < -0.39 is 72.2 Å². The van der Waals surface area contributed by atoms with Crippen molar-refractivity contribution in [2.24, 2.45) is 0 Å². The van der Waals surface area contributed by atoms with Gasteiger partial charge in [0.15, 0.2) is 11.4 Å². The van der Waals surface area contributed by atoms with Gasteiger partial charge in [0.25, 0.3) is 0 Å². The van der Waals surface area contributed by atoms with Crippen LogP contribution in [0.15, 0.2) is 41.5 Å². The third kappa shape index (κ3) is 5.45. The summed E-state index contributed by atoms with van der Waals surface area (Å²) in [6.45, 7) is -1.22. The number of benzene rings is 1. The van der Waals surface area contributed by atoms with Crippen LogP contribution < -0.4 is 10.6 Å². The summed E-state index contributed by atoms with van der Waals surface area (Å²) in [7, 11) is 1.39. The van der Waals surface area contributed by atoms with Crippen molar-refractivity contribution >= 4 is 23.8 Å². The maximum Gasteiger partial charge on any atom is 0.411 e. The number of fused-ring (bicyclic) bond motifs is 1. The maximum atomic E-state index is 14.2. The van der Waals surface area contributed by atoms with E-state index in [0.717, 1.165) is 17.0 Å². The maximum absolute atomic E-state index is 14.2. The summed E-state index contributed by atoms with van der Waals surface area (Å²) >= 11 is 0. The number of nitrogens with zero attached hydrogens (tertiary/aromatic N) is 2. The van der Waals surface area contributed by atoms with E-state index >= 15 is 0 Å². The molecule has 1 heterocycles. The second-order valence-electron chi connectivity index (χ2n) is 9.51. The van der Waals surface area contributed by atoms with Gasteiger partial charge in [-0.05, 0) is 38.0 Å². The lowest BCUT2D eigenvalue weighted by molar-refractivity contribution is -0.187. The quantitative estimate of drug-likeness (QED) is 0.524. The van der Waals surface area contributed by atoms with Gasteiger partial charge in [0, 0.05) is 30.3 Å². The molecule has 0 radical (unpaired) electrons. The number of ketones is 1. The highest BCUT2D eigenvalue weighted by Crippen LogP contribution is 2.45. The van der Waals surface area contributed by atoms with E-state index in [1.54, 1.807) is 6.08 Å². The van der Waals surface area contributed by atoms with E-state index in [4.69, 9.17) is 4.74 Å². The Bertz CT molecular complexity index is 1280. The number of hydrogen-bond acceptors (Lipinski definition) is 5. The third-order valence-electron chi connectivity index (χ3n) is 7.07. The molecular weight excluding hydrogens is 531 g/mol. The first-order valence-corrected chi connectivity index (χ1v) is 12.0. The first-order chi connectivity index (χ1) is 18.3. The van der Waals surface area contributed by atoms with Gasteiger partial charge in [-0.25, -0.2) is 18.4 Å². The van der Waals surface area contributed by atoms with Crippen LogP contribution in [0.1, 0.15) is 25.3 Å². The highest BCUT2D eigenvalue weighted by atomic mass is 19.4. The van der Waals surface area contributed by atoms with Gasteiger partial charge >= 0.3 is 18.3 Å². The topological polar surface area (TPSA) is 108 Å².